The number of para-hydroxylation sites is 2. The largest absolute Gasteiger partial charge is 0.481 e. The standard InChI is InChI=1S/C79H110N20O20S2/c1-38(2)25-52-68(108)85-34-61(101)88-51(21-22-62(102)103)70(110)91-53(26-39(3)4)75(115)97-64(40(5)6)78(118)94-55(28-44-32-84-49-18-12-10-16-47(44)49)72(112)96-59(77(117)98-65(42(8)100)79(119)99-24-14-20-60(99)66(80)106)36-121-120-35-58(95-74(114)57(30-63(104)105)93-69(109)50-19-13-23-82-50)76(116)87-41(7)67(107)89-54(27-43-31-83-48-17-11-9-15-46(43)48)71(111)92-56(73(113)90-52)29-45-33-81-37-86-45/h9-12,15-18,31-33,37-42,50-60,64-65,82-84,100H,13-14,19-30,34-36H2,1-8H3,(H2,80,106)(H,81,86)(H,85,108)(H,87,116)(H,88,101)(H,89,107)(H,90,113)(H,91,110)(H,92,111)(H,93,109)(H,94,118)(H,95,114)(H,96,112)(H,97,115)(H,98,117)(H,102,103)(H,104,105)/t41-,42+,50-,51-,52-,53-,54-,55-,56-,57-,58-,59-,60+,64-,65-/m0/s1. The summed E-state index contributed by atoms with van der Waals surface area (Å²) in [7, 11) is 1.54. The van der Waals surface area contributed by atoms with Gasteiger partial charge in [-0.05, 0) is 106 Å². The first kappa shape index (κ1) is 94.8. The second-order valence-electron chi connectivity index (χ2n) is 31.5. The van der Waals surface area contributed by atoms with Crippen LogP contribution in [0.4, 0.5) is 0 Å². The number of aliphatic hydroxyl groups is 1. The minimum atomic E-state index is -1.82. The number of H-pyrrole nitrogens is 3. The molecule has 5 aromatic rings. The summed E-state index contributed by atoms with van der Waals surface area (Å²) in [6, 6.07) is -7.88. The summed E-state index contributed by atoms with van der Waals surface area (Å²) in [5.74, 6) is -20.4. The van der Waals surface area contributed by atoms with Gasteiger partial charge in [0.2, 0.25) is 88.6 Å². The van der Waals surface area contributed by atoms with E-state index in [4.69, 9.17) is 5.73 Å². The average Bonchev–Trinajstić information content (AvgIpc) is 1.75. The summed E-state index contributed by atoms with van der Waals surface area (Å²) in [5.41, 5.74) is 8.17. The van der Waals surface area contributed by atoms with Crippen LogP contribution in [0.1, 0.15) is 130 Å². The predicted octanol–water partition coefficient (Wildman–Crippen LogP) is -2.55. The monoisotopic (exact) mass is 1720 g/mol. The molecule has 0 saturated carbocycles. The normalized spacial score (nSPS) is 24.4. The lowest BCUT2D eigenvalue weighted by Crippen LogP contribution is -2.62. The first-order valence-electron chi connectivity index (χ1n) is 40.1. The molecular formula is C79H110N20O20S2. The molecule has 22 N–H and O–H groups in total. The van der Waals surface area contributed by atoms with Crippen LogP contribution in [-0.2, 0) is 101 Å². The molecule has 0 spiro atoms. The summed E-state index contributed by atoms with van der Waals surface area (Å²) < 4.78 is 0. The van der Waals surface area contributed by atoms with E-state index in [0.29, 0.717) is 64.4 Å². The minimum absolute atomic E-state index is 0.00385. The molecule has 0 radical (unpaired) electrons. The number of likely N-dealkylation sites (tertiary alicyclic amines) is 1. The van der Waals surface area contributed by atoms with Crippen molar-refractivity contribution >= 4 is 144 Å². The van der Waals surface area contributed by atoms with E-state index in [1.165, 1.54) is 26.4 Å². The molecule has 3 aliphatic heterocycles. The third-order valence-electron chi connectivity index (χ3n) is 20.6. The number of carbonyl (C=O) groups is 17. The van der Waals surface area contributed by atoms with E-state index in [1.54, 1.807) is 102 Å². The fourth-order valence-electron chi connectivity index (χ4n) is 14.2. The quantitative estimate of drug-likeness (QED) is 0.0267. The number of hydrogen-bond donors (Lipinski definition) is 21. The fraction of sp³-hybridized carbons (Fsp3) is 0.544. The van der Waals surface area contributed by atoms with Crippen LogP contribution >= 0.6 is 21.6 Å². The number of benzene rings is 2. The van der Waals surface area contributed by atoms with Gasteiger partial charge in [0.15, 0.2) is 0 Å². The number of imidazole rings is 1. The molecule has 0 unspecified atom stereocenters. The Morgan fingerprint density at radius 3 is 1.68 bits per heavy atom. The number of aliphatic carboxylic acids is 2. The maximum atomic E-state index is 15.5. The molecule has 3 aromatic heterocycles. The van der Waals surface area contributed by atoms with Crippen LogP contribution in [-0.4, -0.2) is 263 Å². The number of fused-ring (bicyclic) bond motifs is 2. The average molecular weight is 1720 g/mol. The number of primary amides is 1. The highest BCUT2D eigenvalue weighted by Crippen LogP contribution is 2.27. The summed E-state index contributed by atoms with van der Waals surface area (Å²) in [5, 5.41) is 69.0. The Morgan fingerprint density at radius 2 is 1.12 bits per heavy atom. The van der Waals surface area contributed by atoms with Crippen LogP contribution in [0.5, 0.6) is 0 Å². The molecule has 8 rings (SSSR count). The Morgan fingerprint density at radius 1 is 0.579 bits per heavy atom. The Labute approximate surface area is 704 Å². The van der Waals surface area contributed by atoms with Gasteiger partial charge in [0.1, 0.15) is 78.5 Å². The summed E-state index contributed by atoms with van der Waals surface area (Å²) in [6.07, 6.45) is 2.26. The number of nitrogens with one attached hydrogen (secondary N) is 17. The number of aromatic nitrogens is 4. The van der Waals surface area contributed by atoms with E-state index in [9.17, 15) is 72.9 Å². The predicted molar refractivity (Wildman–Crippen MR) is 443 cm³/mol. The van der Waals surface area contributed by atoms with Crippen molar-refractivity contribution in [3.8, 4) is 0 Å². The summed E-state index contributed by atoms with van der Waals surface area (Å²) in [6.45, 7) is 12.0. The van der Waals surface area contributed by atoms with E-state index in [2.05, 4.69) is 94.4 Å². The maximum Gasteiger partial charge on any atom is 0.305 e. The molecule has 3 saturated heterocycles. The van der Waals surface area contributed by atoms with Gasteiger partial charge in [-0.2, -0.15) is 0 Å². The highest BCUT2D eigenvalue weighted by atomic mass is 33.1. The first-order valence-corrected chi connectivity index (χ1v) is 42.6. The van der Waals surface area contributed by atoms with Crippen molar-refractivity contribution in [3.63, 3.8) is 0 Å². The molecule has 3 fully saturated rings. The van der Waals surface area contributed by atoms with Crippen molar-refractivity contribution in [3.05, 3.63) is 90.3 Å². The lowest BCUT2D eigenvalue weighted by Gasteiger charge is -2.31. The van der Waals surface area contributed by atoms with Crippen molar-refractivity contribution in [1.29, 1.82) is 0 Å². The van der Waals surface area contributed by atoms with Crippen LogP contribution in [0.15, 0.2) is 73.4 Å². The van der Waals surface area contributed by atoms with Crippen molar-refractivity contribution in [1.82, 2.24) is 99.3 Å². The van der Waals surface area contributed by atoms with Crippen molar-refractivity contribution in [2.75, 3.05) is 31.1 Å². The van der Waals surface area contributed by atoms with E-state index < -0.39 is 234 Å². The van der Waals surface area contributed by atoms with Gasteiger partial charge >= 0.3 is 11.9 Å². The molecule has 2 aromatic carbocycles. The maximum absolute atomic E-state index is 15.5. The van der Waals surface area contributed by atoms with E-state index in [-0.39, 0.29) is 56.9 Å². The Kier molecular flexibility index (Phi) is 35.4. The third-order valence-corrected chi connectivity index (χ3v) is 23.0. The molecule has 0 bridgehead atoms. The summed E-state index contributed by atoms with van der Waals surface area (Å²) >= 11 is 0. The third kappa shape index (κ3) is 28.0. The number of aromatic amines is 3. The second kappa shape index (κ2) is 45.1. The van der Waals surface area contributed by atoms with Crippen LogP contribution in [0.2, 0.25) is 0 Å². The molecular weight excluding hydrogens is 1610 g/mol. The van der Waals surface area contributed by atoms with E-state index in [0.717, 1.165) is 26.5 Å². The van der Waals surface area contributed by atoms with Crippen LogP contribution in [0.25, 0.3) is 21.8 Å². The van der Waals surface area contributed by atoms with Crippen LogP contribution < -0.4 is 80.2 Å². The molecule has 15 atom stereocenters. The number of nitrogens with two attached hydrogens (primary N) is 1. The van der Waals surface area contributed by atoms with Gasteiger partial charge in [-0.3, -0.25) is 81.5 Å². The van der Waals surface area contributed by atoms with Gasteiger partial charge in [0.25, 0.3) is 0 Å². The van der Waals surface area contributed by atoms with Crippen LogP contribution in [0.3, 0.4) is 0 Å². The number of nitrogens with zero attached hydrogens (tertiary/aromatic N) is 2. The topological polar surface area (TPSA) is 609 Å². The molecule has 40 nitrogen and oxygen atoms in total. The number of carbonyl (C=O) groups excluding carboxylic acids is 15. The lowest BCUT2D eigenvalue weighted by molar-refractivity contribution is -0.143. The first-order chi connectivity index (χ1) is 57.4. The zero-order valence-corrected chi connectivity index (χ0v) is 70.0. The number of rotatable bonds is 25. The highest BCUT2D eigenvalue weighted by molar-refractivity contribution is 8.76. The van der Waals surface area contributed by atoms with Crippen molar-refractivity contribution < 1.29 is 96.8 Å². The smallest absolute Gasteiger partial charge is 0.305 e. The molecule has 658 valence electrons. The fourth-order valence-corrected chi connectivity index (χ4v) is 16.5. The molecule has 0 aliphatic carbocycles. The van der Waals surface area contributed by atoms with Gasteiger partial charge in [0, 0.05) is 89.8 Å². The molecule has 121 heavy (non-hydrogen) atoms. The van der Waals surface area contributed by atoms with Gasteiger partial charge in [-0.25, -0.2) is 4.98 Å². The minimum Gasteiger partial charge on any atom is -0.481 e. The number of aliphatic hydroxyl groups excluding tert-OH is 1. The Bertz CT molecular complexity index is 4550. The second-order valence-corrected chi connectivity index (χ2v) is 34.1. The molecule has 3 aliphatic rings. The zero-order chi connectivity index (χ0) is 88.5. The number of carboxylic acid groups (broad SMARTS) is 2. The van der Waals surface area contributed by atoms with Crippen LogP contribution in [0, 0.1) is 17.8 Å². The molecule has 6 heterocycles. The zero-order valence-electron chi connectivity index (χ0n) is 68.4. The van der Waals surface area contributed by atoms with Crippen molar-refractivity contribution in [2.24, 2.45) is 23.5 Å². The summed E-state index contributed by atoms with van der Waals surface area (Å²) in [4.78, 5) is 257. The van der Waals surface area contributed by atoms with E-state index in [1.807, 2.05) is 0 Å². The Balaban J connectivity index is 1.21. The molecule has 15 amide bonds. The van der Waals surface area contributed by atoms with E-state index >= 15 is 24.0 Å². The highest BCUT2D eigenvalue weighted by Gasteiger charge is 2.43. The molecule has 42 heteroatoms. The van der Waals surface area contributed by atoms with Gasteiger partial charge < -0.3 is 115 Å². The number of carboxylic acids is 2. The number of hydrogen-bond acceptors (Lipinski definition) is 22. The Hall–Kier alpha value is -11.7. The van der Waals surface area contributed by atoms with Gasteiger partial charge in [-0.1, -0.05) is 99.5 Å². The lowest BCUT2D eigenvalue weighted by atomic mass is 9.98. The SMILES string of the molecule is CC(C)C[C@@H]1NC(=O)[C@H](Cc2cnc[nH]2)NC(=O)[C@H](Cc2c[nH]c3ccccc23)NC(=O)[C@H](C)NC(=O)[C@@H](NC(=O)[C@H](CC(=O)O)NC(=O)[C@@H]2CCCN2)CSSC[C@@H](C(=O)N[C@H](C(=O)N2CCC[C@@H]2C(N)=O)[C@@H](C)O)NC(=O)[C@H](Cc2c[nH]c3ccccc23)NC(=O)[C@H](C(C)C)NC(=O)[C@H](CC(C)C)NC(=O)[C@H](CCC(=O)O)NC(=O)CNC1=O. The number of amides is 15. The van der Waals surface area contributed by atoms with Gasteiger partial charge in [0.05, 0.1) is 31.4 Å². The van der Waals surface area contributed by atoms with Crippen molar-refractivity contribution in [2.45, 2.75) is 223 Å². The van der Waals surface area contributed by atoms with Gasteiger partial charge in [-0.15, -0.1) is 0 Å².